The normalized spacial score (nSPS) is 18.2. The molecule has 6 nitrogen and oxygen atoms in total. The highest BCUT2D eigenvalue weighted by atomic mass is 16.5. The van der Waals surface area contributed by atoms with Crippen LogP contribution in [0, 0.1) is 5.92 Å². The summed E-state index contributed by atoms with van der Waals surface area (Å²) >= 11 is 0. The number of rotatable bonds is 7. The molecule has 0 aromatic heterocycles. The Kier molecular flexibility index (Phi) is 6.80. The molecule has 6 heteroatoms. The Morgan fingerprint density at radius 2 is 2.00 bits per heavy atom. The number of nitrogens with zero attached hydrogens (tertiary/aromatic N) is 3. The number of amides is 2. The molecule has 1 aliphatic heterocycles. The first-order valence-corrected chi connectivity index (χ1v) is 6.96. The van der Waals surface area contributed by atoms with Crippen LogP contribution >= 0.6 is 0 Å². The molecule has 1 rings (SSSR count). The van der Waals surface area contributed by atoms with Crippen molar-refractivity contribution in [1.82, 2.24) is 14.9 Å². The van der Waals surface area contributed by atoms with Gasteiger partial charge in [-0.3, -0.25) is 14.8 Å². The van der Waals surface area contributed by atoms with Crippen molar-refractivity contribution in [3.05, 3.63) is 0 Å². The van der Waals surface area contributed by atoms with Crippen molar-refractivity contribution < 1.29 is 14.8 Å². The third-order valence-corrected chi connectivity index (χ3v) is 3.60. The van der Waals surface area contributed by atoms with Gasteiger partial charge < -0.3 is 9.80 Å². The maximum Gasteiger partial charge on any atom is 0.233 e. The third kappa shape index (κ3) is 5.16. The van der Waals surface area contributed by atoms with Crippen LogP contribution in [0.2, 0.25) is 0 Å². The van der Waals surface area contributed by atoms with Crippen LogP contribution < -0.4 is 0 Å². The van der Waals surface area contributed by atoms with Crippen molar-refractivity contribution in [3.63, 3.8) is 0 Å². The van der Waals surface area contributed by atoms with Crippen LogP contribution in [0.5, 0.6) is 0 Å². The second-order valence-corrected chi connectivity index (χ2v) is 5.20. The van der Waals surface area contributed by atoms with E-state index in [0.29, 0.717) is 17.9 Å². The molecule has 2 amide bonds. The summed E-state index contributed by atoms with van der Waals surface area (Å²) in [6, 6.07) is 0. The van der Waals surface area contributed by atoms with Gasteiger partial charge in [0.1, 0.15) is 0 Å². The van der Waals surface area contributed by atoms with Crippen LogP contribution in [0.1, 0.15) is 26.2 Å². The molecule has 0 bridgehead atoms. The van der Waals surface area contributed by atoms with Gasteiger partial charge in [0.25, 0.3) is 0 Å². The molecule has 0 aliphatic carbocycles. The molecule has 0 radical (unpaired) electrons. The highest BCUT2D eigenvalue weighted by molar-refractivity contribution is 5.79. The molecule has 19 heavy (non-hydrogen) atoms. The Morgan fingerprint density at radius 3 is 2.53 bits per heavy atom. The monoisotopic (exact) mass is 271 g/mol. The molecular formula is C13H25N3O3. The van der Waals surface area contributed by atoms with Gasteiger partial charge in [-0.1, -0.05) is 19.8 Å². The lowest BCUT2D eigenvalue weighted by Crippen LogP contribution is -2.50. The molecule has 0 aromatic carbocycles. The topological polar surface area (TPSA) is 64.1 Å². The second-order valence-electron chi connectivity index (χ2n) is 5.20. The van der Waals surface area contributed by atoms with Crippen molar-refractivity contribution >= 4 is 12.3 Å². The quantitative estimate of drug-likeness (QED) is 0.414. The van der Waals surface area contributed by atoms with E-state index in [2.05, 4.69) is 11.8 Å². The summed E-state index contributed by atoms with van der Waals surface area (Å²) in [4.78, 5) is 27.0. The zero-order valence-electron chi connectivity index (χ0n) is 11.9. The lowest BCUT2D eigenvalue weighted by Gasteiger charge is -2.35. The molecule has 0 spiro atoms. The molecule has 0 saturated carbocycles. The first-order valence-electron chi connectivity index (χ1n) is 6.96. The van der Waals surface area contributed by atoms with Crippen LogP contribution in [-0.4, -0.2) is 72.2 Å². The molecule has 1 fully saturated rings. The molecule has 1 heterocycles. The molecule has 1 N–H and O–H groups in total. The highest BCUT2D eigenvalue weighted by Gasteiger charge is 2.27. The zero-order valence-corrected chi connectivity index (χ0v) is 11.9. The van der Waals surface area contributed by atoms with Gasteiger partial charge in [0.2, 0.25) is 12.3 Å². The van der Waals surface area contributed by atoms with Gasteiger partial charge >= 0.3 is 0 Å². The summed E-state index contributed by atoms with van der Waals surface area (Å²) in [7, 11) is 2.04. The molecule has 1 unspecified atom stereocenters. The van der Waals surface area contributed by atoms with E-state index < -0.39 is 0 Å². The largest absolute Gasteiger partial charge is 0.340 e. The molecule has 0 aromatic rings. The van der Waals surface area contributed by atoms with E-state index in [1.807, 2.05) is 11.9 Å². The van der Waals surface area contributed by atoms with Gasteiger partial charge in [0.15, 0.2) is 0 Å². The van der Waals surface area contributed by atoms with E-state index in [1.165, 1.54) is 0 Å². The first kappa shape index (κ1) is 15.9. The van der Waals surface area contributed by atoms with E-state index in [1.54, 1.807) is 0 Å². The first-order chi connectivity index (χ1) is 9.08. The maximum atomic E-state index is 12.4. The molecule has 1 atom stereocenters. The lowest BCUT2D eigenvalue weighted by molar-refractivity contribution is -0.157. The molecule has 1 saturated heterocycles. The van der Waals surface area contributed by atoms with E-state index >= 15 is 0 Å². The van der Waals surface area contributed by atoms with Gasteiger partial charge in [-0.2, -0.15) is 0 Å². The fourth-order valence-corrected chi connectivity index (χ4v) is 2.30. The highest BCUT2D eigenvalue weighted by Crippen LogP contribution is 2.14. The number of likely N-dealkylation sites (N-methyl/N-ethyl adjacent to an activating group) is 1. The molecular weight excluding hydrogens is 246 g/mol. The SMILES string of the molecule is CCCCC(CN(O)C=O)C(=O)N1CCN(C)CC1. The molecule has 110 valence electrons. The van der Waals surface area contributed by atoms with Crippen LogP contribution in [0.25, 0.3) is 0 Å². The van der Waals surface area contributed by atoms with Crippen molar-refractivity contribution in [2.45, 2.75) is 26.2 Å². The van der Waals surface area contributed by atoms with Crippen LogP contribution in [0.4, 0.5) is 0 Å². The number of piperazine rings is 1. The van der Waals surface area contributed by atoms with E-state index in [9.17, 15) is 14.8 Å². The number of hydrogen-bond donors (Lipinski definition) is 1. The zero-order chi connectivity index (χ0) is 14.3. The Morgan fingerprint density at radius 1 is 1.37 bits per heavy atom. The predicted molar refractivity (Wildman–Crippen MR) is 71.6 cm³/mol. The Hall–Kier alpha value is -1.14. The van der Waals surface area contributed by atoms with Crippen molar-refractivity contribution in [2.24, 2.45) is 5.92 Å². The van der Waals surface area contributed by atoms with E-state index in [4.69, 9.17) is 0 Å². The second kappa shape index (κ2) is 8.12. The number of unbranched alkanes of at least 4 members (excludes halogenated alkanes) is 1. The standard InChI is InChI=1S/C13H25N3O3/c1-3-4-5-12(10-16(19)11-17)13(18)15-8-6-14(2)7-9-15/h11-12,19H,3-10H2,1-2H3. The van der Waals surface area contributed by atoms with Crippen LogP contribution in [0.3, 0.4) is 0 Å². The average Bonchev–Trinajstić information content (AvgIpc) is 2.43. The summed E-state index contributed by atoms with van der Waals surface area (Å²) in [5, 5.41) is 9.88. The van der Waals surface area contributed by atoms with E-state index in [0.717, 1.165) is 39.0 Å². The number of hydroxylamine groups is 2. The van der Waals surface area contributed by atoms with Gasteiger partial charge in [-0.25, -0.2) is 5.06 Å². The minimum Gasteiger partial charge on any atom is -0.340 e. The smallest absolute Gasteiger partial charge is 0.233 e. The summed E-state index contributed by atoms with van der Waals surface area (Å²) in [5.74, 6) is -0.235. The Balaban J connectivity index is 2.56. The summed E-state index contributed by atoms with van der Waals surface area (Å²) < 4.78 is 0. The number of hydrogen-bond acceptors (Lipinski definition) is 4. The summed E-state index contributed by atoms with van der Waals surface area (Å²) in [5.41, 5.74) is 0. The third-order valence-electron chi connectivity index (χ3n) is 3.60. The summed E-state index contributed by atoms with van der Waals surface area (Å²) in [6.45, 7) is 5.36. The fourth-order valence-electron chi connectivity index (χ4n) is 2.30. The minimum absolute atomic E-state index is 0.0578. The van der Waals surface area contributed by atoms with Gasteiger partial charge in [-0.05, 0) is 13.5 Å². The predicted octanol–water partition coefficient (Wildman–Crippen LogP) is 0.414. The fraction of sp³-hybridized carbons (Fsp3) is 0.846. The minimum atomic E-state index is -0.293. The van der Waals surface area contributed by atoms with E-state index in [-0.39, 0.29) is 18.4 Å². The number of carbonyl (C=O) groups is 2. The van der Waals surface area contributed by atoms with Gasteiger partial charge in [-0.15, -0.1) is 0 Å². The van der Waals surface area contributed by atoms with Crippen molar-refractivity contribution in [2.75, 3.05) is 39.8 Å². The Bertz CT molecular complexity index is 291. The van der Waals surface area contributed by atoms with Gasteiger partial charge in [0.05, 0.1) is 12.5 Å². The van der Waals surface area contributed by atoms with Gasteiger partial charge in [0, 0.05) is 26.2 Å². The number of carbonyl (C=O) groups excluding carboxylic acids is 2. The average molecular weight is 271 g/mol. The Labute approximate surface area is 114 Å². The lowest BCUT2D eigenvalue weighted by atomic mass is 10.00. The maximum absolute atomic E-state index is 12.4. The molecule has 1 aliphatic rings. The van der Waals surface area contributed by atoms with Crippen LogP contribution in [-0.2, 0) is 9.59 Å². The van der Waals surface area contributed by atoms with Crippen molar-refractivity contribution in [1.29, 1.82) is 0 Å². The summed E-state index contributed by atoms with van der Waals surface area (Å²) in [6.07, 6.45) is 3.00. The van der Waals surface area contributed by atoms with Crippen LogP contribution in [0.15, 0.2) is 0 Å². The van der Waals surface area contributed by atoms with Crippen molar-refractivity contribution in [3.8, 4) is 0 Å².